The molecule has 0 aliphatic heterocycles. The summed E-state index contributed by atoms with van der Waals surface area (Å²) in [4.78, 5) is 24.5. The molecule has 0 unspecified atom stereocenters. The number of carbonyl (C=O) groups excluding carboxylic acids is 2. The number of esters is 1. The van der Waals surface area contributed by atoms with Crippen molar-refractivity contribution in [1.82, 2.24) is 4.57 Å². The summed E-state index contributed by atoms with van der Waals surface area (Å²) in [5, 5.41) is 1.19. The van der Waals surface area contributed by atoms with E-state index in [1.54, 1.807) is 56.5 Å². The number of hydrogen-bond donors (Lipinski definition) is 0. The van der Waals surface area contributed by atoms with E-state index in [2.05, 4.69) is 0 Å². The molecular weight excluding hydrogens is 381 g/mol. The second-order valence-electron chi connectivity index (χ2n) is 5.54. The minimum Gasteiger partial charge on any atom is -1.00 e. The number of ether oxygens (including phenoxy) is 2. The molecule has 0 N–H and O–H groups in total. The first-order valence-corrected chi connectivity index (χ1v) is 7.98. The first-order chi connectivity index (χ1) is 11.9. The molecule has 2 aromatic carbocycles. The van der Waals surface area contributed by atoms with Crippen molar-refractivity contribution in [2.45, 2.75) is 13.8 Å². The van der Waals surface area contributed by atoms with Crippen LogP contribution in [0.1, 0.15) is 24.4 Å². The van der Waals surface area contributed by atoms with E-state index in [1.807, 2.05) is 0 Å². The van der Waals surface area contributed by atoms with E-state index in [9.17, 15) is 9.59 Å². The third kappa shape index (κ3) is 4.06. The Morgan fingerprint density at radius 3 is 2.35 bits per heavy atom. The number of halogens is 1. The summed E-state index contributed by atoms with van der Waals surface area (Å²) in [6, 6.07) is 11.9. The van der Waals surface area contributed by atoms with Gasteiger partial charge >= 0.3 is 57.4 Å². The number of nitrogens with zero attached hydrogens (tertiary/aromatic N) is 1. The van der Waals surface area contributed by atoms with Crippen LogP contribution in [0.15, 0.2) is 42.5 Å². The van der Waals surface area contributed by atoms with E-state index >= 15 is 0 Å². The Hall–Kier alpha value is -1.15. The van der Waals surface area contributed by atoms with Crippen LogP contribution in [0.4, 0.5) is 0 Å². The topological polar surface area (TPSA) is 57.5 Å². The van der Waals surface area contributed by atoms with Crippen LogP contribution < -0.4 is 60.9 Å². The van der Waals surface area contributed by atoms with Gasteiger partial charge in [0.2, 0.25) is 0 Å². The molecule has 0 saturated heterocycles. The average molecular weight is 398 g/mol. The summed E-state index contributed by atoms with van der Waals surface area (Å²) in [6.07, 6.45) is 0. The summed E-state index contributed by atoms with van der Waals surface area (Å²) < 4.78 is 12.1. The molecule has 1 heterocycles. The van der Waals surface area contributed by atoms with E-state index in [4.69, 9.17) is 21.1 Å². The zero-order valence-electron chi connectivity index (χ0n) is 16.0. The number of rotatable bonds is 3. The number of benzene rings is 2. The van der Waals surface area contributed by atoms with Gasteiger partial charge in [-0.15, -0.1) is 0 Å². The van der Waals surface area contributed by atoms with Gasteiger partial charge in [0.05, 0.1) is 18.3 Å². The van der Waals surface area contributed by atoms with Crippen LogP contribution in [-0.2, 0) is 4.79 Å². The Balaban J connectivity index is 0.00000182. The molecule has 0 atom stereocenters. The fraction of sp³-hybridized carbons (Fsp3) is 0.158. The van der Waals surface area contributed by atoms with Crippen molar-refractivity contribution in [3.8, 4) is 11.5 Å². The van der Waals surface area contributed by atoms with Gasteiger partial charge < -0.3 is 10.9 Å². The molecule has 0 aliphatic carbocycles. The van der Waals surface area contributed by atoms with Crippen LogP contribution >= 0.6 is 11.6 Å². The SMILES string of the molecule is COc1ccc2c(c1)c(OC(C)=O)c(C)n2C(=O)c1ccc(Cl)cc1.[H-].[K+]. The minimum atomic E-state index is -0.455. The molecule has 0 radical (unpaired) electrons. The minimum absolute atomic E-state index is 0. The number of hydrogen-bond acceptors (Lipinski definition) is 4. The molecule has 7 heteroatoms. The van der Waals surface area contributed by atoms with Crippen LogP contribution in [0.25, 0.3) is 10.9 Å². The standard InChI is InChI=1S/C19H16ClNO4.K.H/c1-11-18(25-12(2)22)16-10-15(24-3)8-9-17(16)21(11)19(23)13-4-6-14(20)7-5-13;;/h4-10H,1-3H3;;/q;+1;-1. The maximum absolute atomic E-state index is 13.0. The number of carbonyl (C=O) groups is 2. The van der Waals surface area contributed by atoms with Crippen LogP contribution in [-0.4, -0.2) is 23.6 Å². The summed E-state index contributed by atoms with van der Waals surface area (Å²) in [5.74, 6) is 0.271. The summed E-state index contributed by atoms with van der Waals surface area (Å²) >= 11 is 5.89. The Labute approximate surface area is 200 Å². The summed E-state index contributed by atoms with van der Waals surface area (Å²) in [5.41, 5.74) is 1.66. The Kier molecular flexibility index (Phi) is 7.07. The molecule has 0 spiro atoms. The average Bonchev–Trinajstić information content (AvgIpc) is 2.86. The van der Waals surface area contributed by atoms with E-state index < -0.39 is 5.97 Å². The van der Waals surface area contributed by atoms with Crippen LogP contribution in [0.3, 0.4) is 0 Å². The van der Waals surface area contributed by atoms with Gasteiger partial charge in [0.25, 0.3) is 5.91 Å². The molecule has 130 valence electrons. The molecule has 3 rings (SSSR count). The van der Waals surface area contributed by atoms with Crippen molar-refractivity contribution >= 4 is 34.4 Å². The summed E-state index contributed by atoms with van der Waals surface area (Å²) in [7, 11) is 1.55. The molecule has 1 aromatic heterocycles. The molecule has 26 heavy (non-hydrogen) atoms. The van der Waals surface area contributed by atoms with Crippen molar-refractivity contribution in [3.63, 3.8) is 0 Å². The number of methoxy groups -OCH3 is 1. The second kappa shape index (κ2) is 8.69. The number of aromatic nitrogens is 1. The zero-order valence-corrected chi connectivity index (χ0v) is 18.9. The van der Waals surface area contributed by atoms with E-state index in [0.29, 0.717) is 38.7 Å². The van der Waals surface area contributed by atoms with Crippen molar-refractivity contribution in [2.24, 2.45) is 0 Å². The van der Waals surface area contributed by atoms with E-state index in [1.165, 1.54) is 11.5 Å². The second-order valence-corrected chi connectivity index (χ2v) is 5.98. The van der Waals surface area contributed by atoms with Gasteiger partial charge in [-0.1, -0.05) is 11.6 Å². The predicted molar refractivity (Wildman–Crippen MR) is 96.8 cm³/mol. The van der Waals surface area contributed by atoms with Crippen molar-refractivity contribution < 1.29 is 71.9 Å². The molecule has 0 aliphatic rings. The Bertz CT molecular complexity index is 986. The fourth-order valence-electron chi connectivity index (χ4n) is 2.75. The van der Waals surface area contributed by atoms with Gasteiger partial charge in [-0.3, -0.25) is 14.2 Å². The smallest absolute Gasteiger partial charge is 1.00 e. The van der Waals surface area contributed by atoms with Gasteiger partial charge in [-0.25, -0.2) is 0 Å². The van der Waals surface area contributed by atoms with Crippen molar-refractivity contribution in [2.75, 3.05) is 7.11 Å². The maximum Gasteiger partial charge on any atom is 1.00 e. The van der Waals surface area contributed by atoms with Crippen LogP contribution in [0.5, 0.6) is 11.5 Å². The van der Waals surface area contributed by atoms with Crippen molar-refractivity contribution in [1.29, 1.82) is 0 Å². The molecular formula is C19H17ClKNO4. The summed E-state index contributed by atoms with van der Waals surface area (Å²) in [6.45, 7) is 3.06. The fourth-order valence-corrected chi connectivity index (χ4v) is 2.88. The number of fused-ring (bicyclic) bond motifs is 1. The molecule has 0 bridgehead atoms. The zero-order chi connectivity index (χ0) is 18.1. The van der Waals surface area contributed by atoms with Gasteiger partial charge in [-0.05, 0) is 49.4 Å². The van der Waals surface area contributed by atoms with Gasteiger partial charge in [0.15, 0.2) is 5.75 Å². The molecule has 3 aromatic rings. The first kappa shape index (κ1) is 21.1. The monoisotopic (exact) mass is 397 g/mol. The van der Waals surface area contributed by atoms with E-state index in [-0.39, 0.29) is 58.7 Å². The molecule has 0 fully saturated rings. The Morgan fingerprint density at radius 1 is 1.12 bits per heavy atom. The largest absolute Gasteiger partial charge is 1.00 e. The molecule has 0 saturated carbocycles. The van der Waals surface area contributed by atoms with Gasteiger partial charge in [0.1, 0.15) is 5.75 Å². The first-order valence-electron chi connectivity index (χ1n) is 7.60. The van der Waals surface area contributed by atoms with Crippen molar-refractivity contribution in [3.05, 3.63) is 58.7 Å². The predicted octanol–water partition coefficient (Wildman–Crippen LogP) is 1.34. The quantitative estimate of drug-likeness (QED) is 0.494. The third-order valence-corrected chi connectivity index (χ3v) is 4.15. The molecule has 0 amide bonds. The van der Waals surface area contributed by atoms with Gasteiger partial charge in [0, 0.05) is 22.9 Å². The third-order valence-electron chi connectivity index (χ3n) is 3.89. The molecule has 5 nitrogen and oxygen atoms in total. The maximum atomic E-state index is 13.0. The van der Waals surface area contributed by atoms with Gasteiger partial charge in [-0.2, -0.15) is 0 Å². The Morgan fingerprint density at radius 2 is 1.77 bits per heavy atom. The van der Waals surface area contributed by atoms with Crippen LogP contribution in [0.2, 0.25) is 5.02 Å². The van der Waals surface area contributed by atoms with E-state index in [0.717, 1.165) is 0 Å². The van der Waals surface area contributed by atoms with Crippen LogP contribution in [0, 0.1) is 6.92 Å². The normalized spacial score (nSPS) is 10.3.